The van der Waals surface area contributed by atoms with Crippen LogP contribution in [0.2, 0.25) is 5.15 Å². The van der Waals surface area contributed by atoms with Crippen LogP contribution in [0.5, 0.6) is 0 Å². The van der Waals surface area contributed by atoms with Crippen molar-refractivity contribution in [1.29, 1.82) is 0 Å². The van der Waals surface area contributed by atoms with E-state index in [4.69, 9.17) is 11.6 Å². The van der Waals surface area contributed by atoms with Gasteiger partial charge in [-0.15, -0.1) is 0 Å². The second-order valence-electron chi connectivity index (χ2n) is 3.46. The van der Waals surface area contributed by atoms with Crippen LogP contribution in [0.1, 0.15) is 12.2 Å². The maximum absolute atomic E-state index is 11.5. The summed E-state index contributed by atoms with van der Waals surface area (Å²) in [6.07, 6.45) is -0.479. The number of anilines is 1. The molecule has 0 spiro atoms. The van der Waals surface area contributed by atoms with E-state index in [-0.39, 0.29) is 18.9 Å². The molecular weight excluding hydrogens is 218 g/mol. The van der Waals surface area contributed by atoms with Gasteiger partial charge in [-0.25, -0.2) is 9.97 Å². The summed E-state index contributed by atoms with van der Waals surface area (Å²) in [4.78, 5) is 20.9. The lowest BCUT2D eigenvalue weighted by atomic mass is 10.3. The van der Waals surface area contributed by atoms with Gasteiger partial charge in [0.1, 0.15) is 16.8 Å². The summed E-state index contributed by atoms with van der Waals surface area (Å²) < 4.78 is 0. The number of rotatable bonds is 1. The molecule has 1 amide bonds. The molecule has 1 atom stereocenters. The van der Waals surface area contributed by atoms with Crippen molar-refractivity contribution in [3.63, 3.8) is 0 Å². The molecule has 5 nitrogen and oxygen atoms in total. The number of aliphatic hydroxyl groups excluding tert-OH is 1. The van der Waals surface area contributed by atoms with Crippen molar-refractivity contribution in [2.24, 2.45) is 0 Å². The number of carbonyl (C=O) groups excluding carboxylic acids is 1. The van der Waals surface area contributed by atoms with E-state index in [0.29, 0.717) is 16.8 Å². The van der Waals surface area contributed by atoms with Crippen molar-refractivity contribution in [1.82, 2.24) is 9.97 Å². The predicted molar refractivity (Wildman–Crippen MR) is 54.8 cm³/mol. The first kappa shape index (κ1) is 10.3. The first-order valence-corrected chi connectivity index (χ1v) is 4.93. The van der Waals surface area contributed by atoms with Gasteiger partial charge in [-0.3, -0.25) is 9.69 Å². The zero-order valence-corrected chi connectivity index (χ0v) is 8.90. The van der Waals surface area contributed by atoms with E-state index in [1.165, 1.54) is 11.0 Å². The average molecular weight is 228 g/mol. The molecule has 1 aliphatic rings. The normalized spacial score (nSPS) is 21.1. The SMILES string of the molecule is Cc1nc(Cl)cc(N2CC(O)CC2=O)n1. The Morgan fingerprint density at radius 1 is 1.60 bits per heavy atom. The van der Waals surface area contributed by atoms with E-state index in [0.717, 1.165) is 0 Å². The monoisotopic (exact) mass is 227 g/mol. The minimum atomic E-state index is -0.619. The van der Waals surface area contributed by atoms with Crippen LogP contribution in [0.15, 0.2) is 6.07 Å². The van der Waals surface area contributed by atoms with Crippen molar-refractivity contribution in [2.45, 2.75) is 19.4 Å². The van der Waals surface area contributed by atoms with Crippen LogP contribution < -0.4 is 4.90 Å². The van der Waals surface area contributed by atoms with Gasteiger partial charge >= 0.3 is 0 Å². The molecule has 6 heteroatoms. The molecule has 80 valence electrons. The third-order valence-corrected chi connectivity index (χ3v) is 2.37. The zero-order valence-electron chi connectivity index (χ0n) is 8.14. The van der Waals surface area contributed by atoms with E-state index in [1.807, 2.05) is 0 Å². The molecule has 0 aromatic carbocycles. The summed E-state index contributed by atoms with van der Waals surface area (Å²) in [7, 11) is 0. The Morgan fingerprint density at radius 2 is 2.33 bits per heavy atom. The van der Waals surface area contributed by atoms with Crippen LogP contribution in [0, 0.1) is 6.92 Å². The number of carbonyl (C=O) groups is 1. The van der Waals surface area contributed by atoms with Gasteiger partial charge in [-0.2, -0.15) is 0 Å². The van der Waals surface area contributed by atoms with Crippen LogP contribution in [0.25, 0.3) is 0 Å². The van der Waals surface area contributed by atoms with Gasteiger partial charge in [0, 0.05) is 6.07 Å². The van der Waals surface area contributed by atoms with E-state index in [9.17, 15) is 9.90 Å². The summed E-state index contributed by atoms with van der Waals surface area (Å²) in [5, 5.41) is 9.63. The molecule has 2 heterocycles. The van der Waals surface area contributed by atoms with Gasteiger partial charge in [0.15, 0.2) is 0 Å². The van der Waals surface area contributed by atoms with Gasteiger partial charge in [0.05, 0.1) is 19.1 Å². The fourth-order valence-electron chi connectivity index (χ4n) is 1.56. The Morgan fingerprint density at radius 3 is 2.87 bits per heavy atom. The molecule has 0 aliphatic carbocycles. The number of aliphatic hydroxyl groups is 1. The van der Waals surface area contributed by atoms with Crippen LogP contribution >= 0.6 is 11.6 Å². The smallest absolute Gasteiger partial charge is 0.230 e. The number of aromatic nitrogens is 2. The molecule has 1 fully saturated rings. The van der Waals surface area contributed by atoms with Crippen molar-refractivity contribution >= 4 is 23.3 Å². The molecule has 1 N–H and O–H groups in total. The van der Waals surface area contributed by atoms with Crippen molar-refractivity contribution < 1.29 is 9.90 Å². The number of hydrogen-bond donors (Lipinski definition) is 1. The number of hydrogen-bond acceptors (Lipinski definition) is 4. The van der Waals surface area contributed by atoms with Gasteiger partial charge < -0.3 is 5.11 Å². The Hall–Kier alpha value is -1.20. The lowest BCUT2D eigenvalue weighted by Crippen LogP contribution is -2.26. The van der Waals surface area contributed by atoms with Crippen molar-refractivity contribution in [3.05, 3.63) is 17.0 Å². The van der Waals surface area contributed by atoms with Crippen LogP contribution in [-0.2, 0) is 4.79 Å². The zero-order chi connectivity index (χ0) is 11.0. The Bertz CT molecular complexity index is 390. The fraction of sp³-hybridized carbons (Fsp3) is 0.444. The van der Waals surface area contributed by atoms with Gasteiger partial charge in [-0.05, 0) is 6.92 Å². The number of β-amino-alcohol motifs (C(OH)–C–C–N with tert-alkyl or cyclic N) is 1. The topological polar surface area (TPSA) is 66.3 Å². The Kier molecular flexibility index (Phi) is 2.58. The Balaban J connectivity index is 2.33. The standard InChI is InChI=1S/C9H10ClN3O2/c1-5-11-7(10)3-8(12-5)13-4-6(14)2-9(13)15/h3,6,14H,2,4H2,1H3. The molecule has 0 radical (unpaired) electrons. The third-order valence-electron chi connectivity index (χ3n) is 2.17. The van der Waals surface area contributed by atoms with Crippen LogP contribution in [0.3, 0.4) is 0 Å². The van der Waals surface area contributed by atoms with Gasteiger partial charge in [0.2, 0.25) is 5.91 Å². The molecule has 1 saturated heterocycles. The van der Waals surface area contributed by atoms with Crippen LogP contribution in [-0.4, -0.2) is 33.6 Å². The van der Waals surface area contributed by atoms with E-state index < -0.39 is 6.10 Å². The predicted octanol–water partition coefficient (Wildman–Crippen LogP) is 0.536. The van der Waals surface area contributed by atoms with Crippen molar-refractivity contribution in [2.75, 3.05) is 11.4 Å². The van der Waals surface area contributed by atoms with E-state index in [2.05, 4.69) is 9.97 Å². The summed E-state index contributed by atoms with van der Waals surface area (Å²) in [6.45, 7) is 1.97. The highest BCUT2D eigenvalue weighted by molar-refractivity contribution is 6.29. The third kappa shape index (κ3) is 2.08. The van der Waals surface area contributed by atoms with Crippen molar-refractivity contribution in [3.8, 4) is 0 Å². The maximum Gasteiger partial charge on any atom is 0.230 e. The van der Waals surface area contributed by atoms with E-state index >= 15 is 0 Å². The Labute approximate surface area is 91.7 Å². The molecule has 15 heavy (non-hydrogen) atoms. The summed E-state index contributed by atoms with van der Waals surface area (Å²) in [6, 6.07) is 1.52. The lowest BCUT2D eigenvalue weighted by molar-refractivity contribution is -0.117. The second kappa shape index (κ2) is 3.75. The highest BCUT2D eigenvalue weighted by Gasteiger charge is 2.30. The second-order valence-corrected chi connectivity index (χ2v) is 3.85. The first-order chi connectivity index (χ1) is 7.06. The van der Waals surface area contributed by atoms with E-state index in [1.54, 1.807) is 6.92 Å². The molecular formula is C9H10ClN3O2. The fourth-order valence-corrected chi connectivity index (χ4v) is 1.78. The molecule has 1 aromatic rings. The van der Waals surface area contributed by atoms with Gasteiger partial charge in [-0.1, -0.05) is 11.6 Å². The number of amides is 1. The minimum Gasteiger partial charge on any atom is -0.391 e. The van der Waals surface area contributed by atoms with Gasteiger partial charge in [0.25, 0.3) is 0 Å². The molecule has 1 aromatic heterocycles. The average Bonchev–Trinajstić information content (AvgIpc) is 2.43. The summed E-state index contributed by atoms with van der Waals surface area (Å²) >= 11 is 5.76. The number of nitrogens with zero attached hydrogens (tertiary/aromatic N) is 3. The summed E-state index contributed by atoms with van der Waals surface area (Å²) in [5.41, 5.74) is 0. The highest BCUT2D eigenvalue weighted by Crippen LogP contribution is 2.21. The highest BCUT2D eigenvalue weighted by atomic mass is 35.5. The summed E-state index contributed by atoms with van der Waals surface area (Å²) in [5.74, 6) is 0.817. The minimum absolute atomic E-state index is 0.140. The quantitative estimate of drug-likeness (QED) is 0.711. The largest absolute Gasteiger partial charge is 0.391 e. The molecule has 1 unspecified atom stereocenters. The first-order valence-electron chi connectivity index (χ1n) is 4.56. The molecule has 0 bridgehead atoms. The molecule has 0 saturated carbocycles. The lowest BCUT2D eigenvalue weighted by Gasteiger charge is -2.14. The molecule has 2 rings (SSSR count). The maximum atomic E-state index is 11.5. The number of halogens is 1. The molecule has 1 aliphatic heterocycles. The van der Waals surface area contributed by atoms with Crippen LogP contribution in [0.4, 0.5) is 5.82 Å². The number of aryl methyl sites for hydroxylation is 1.